The van der Waals surface area contributed by atoms with Crippen molar-refractivity contribution >= 4 is 29.4 Å². The molecule has 188 valence electrons. The molecule has 4 atom stereocenters. The number of hydrogen-bond donors (Lipinski definition) is 2. The van der Waals surface area contributed by atoms with E-state index in [9.17, 15) is 14.4 Å². The second kappa shape index (κ2) is 11.5. The summed E-state index contributed by atoms with van der Waals surface area (Å²) in [6.07, 6.45) is 3.05. The minimum Gasteiger partial charge on any atom is -0.444 e. The first-order valence-corrected chi connectivity index (χ1v) is 12.2. The number of rotatable bonds is 9. The van der Waals surface area contributed by atoms with Crippen LogP contribution in [0.5, 0.6) is 0 Å². The van der Waals surface area contributed by atoms with Gasteiger partial charge in [-0.05, 0) is 65.0 Å². The van der Waals surface area contributed by atoms with E-state index in [0.29, 0.717) is 12.2 Å². The SMILES string of the molecule is C[C@H](NC(=O)OC(C)(C)C)C(=O)Cc1cccc(Cl)c1C(=O)NC1CC1COC1CCCCO1. The number of benzene rings is 1. The largest absolute Gasteiger partial charge is 0.444 e. The number of amides is 2. The standard InChI is InChI=1S/C25H35ClN2O6/c1-15(27-24(31)34-25(2,3)4)20(29)13-16-8-7-9-18(26)22(16)23(30)28-19-12-17(19)14-33-21-10-5-6-11-32-21/h7-9,15,17,19,21H,5-6,10-14H2,1-4H3,(H,27,31)(H,28,30)/t15-,17?,19?,21?/m0/s1. The molecule has 2 fully saturated rings. The number of nitrogens with one attached hydrogen (secondary N) is 2. The van der Waals surface area contributed by atoms with Gasteiger partial charge in [0.25, 0.3) is 5.91 Å². The molecule has 1 saturated carbocycles. The van der Waals surface area contributed by atoms with E-state index in [2.05, 4.69) is 10.6 Å². The van der Waals surface area contributed by atoms with Crippen LogP contribution in [-0.2, 0) is 25.4 Å². The molecule has 8 nitrogen and oxygen atoms in total. The fourth-order valence-corrected chi connectivity index (χ4v) is 4.08. The molecule has 34 heavy (non-hydrogen) atoms. The summed E-state index contributed by atoms with van der Waals surface area (Å²) in [5.41, 5.74) is 0.126. The molecule has 1 aliphatic heterocycles. The third-order valence-electron chi connectivity index (χ3n) is 5.78. The van der Waals surface area contributed by atoms with Crippen molar-refractivity contribution in [2.24, 2.45) is 5.92 Å². The van der Waals surface area contributed by atoms with E-state index in [1.165, 1.54) is 0 Å². The third-order valence-corrected chi connectivity index (χ3v) is 6.10. The van der Waals surface area contributed by atoms with Crippen LogP contribution in [0.1, 0.15) is 69.3 Å². The van der Waals surface area contributed by atoms with Gasteiger partial charge in [-0.3, -0.25) is 9.59 Å². The van der Waals surface area contributed by atoms with Gasteiger partial charge in [-0.2, -0.15) is 0 Å². The van der Waals surface area contributed by atoms with Crippen molar-refractivity contribution in [3.63, 3.8) is 0 Å². The normalized spacial score (nSPS) is 23.0. The lowest BCUT2D eigenvalue weighted by atomic mass is 9.99. The number of carbonyl (C=O) groups excluding carboxylic acids is 3. The average molecular weight is 495 g/mol. The highest BCUT2D eigenvalue weighted by atomic mass is 35.5. The summed E-state index contributed by atoms with van der Waals surface area (Å²) >= 11 is 6.34. The van der Waals surface area contributed by atoms with Gasteiger partial charge in [0.1, 0.15) is 5.60 Å². The van der Waals surface area contributed by atoms with Gasteiger partial charge < -0.3 is 24.8 Å². The zero-order valence-electron chi connectivity index (χ0n) is 20.3. The van der Waals surface area contributed by atoms with Crippen LogP contribution in [0.25, 0.3) is 0 Å². The Balaban J connectivity index is 1.54. The Morgan fingerprint density at radius 2 is 2.00 bits per heavy atom. The lowest BCUT2D eigenvalue weighted by Gasteiger charge is -2.22. The molecule has 1 heterocycles. The van der Waals surface area contributed by atoms with Gasteiger partial charge in [-0.25, -0.2) is 4.79 Å². The van der Waals surface area contributed by atoms with Crippen molar-refractivity contribution in [3.8, 4) is 0 Å². The molecule has 2 amide bonds. The summed E-state index contributed by atoms with van der Waals surface area (Å²) in [4.78, 5) is 37.7. The zero-order chi connectivity index (χ0) is 24.9. The smallest absolute Gasteiger partial charge is 0.408 e. The first-order valence-electron chi connectivity index (χ1n) is 11.9. The number of halogens is 1. The minimum absolute atomic E-state index is 0.00340. The number of ketones is 1. The number of hydrogen-bond acceptors (Lipinski definition) is 6. The average Bonchev–Trinajstić information content (AvgIpc) is 3.49. The molecule has 0 bridgehead atoms. The van der Waals surface area contributed by atoms with E-state index in [0.717, 1.165) is 32.3 Å². The van der Waals surface area contributed by atoms with Gasteiger partial charge in [-0.15, -0.1) is 0 Å². The molecule has 1 aliphatic carbocycles. The van der Waals surface area contributed by atoms with E-state index >= 15 is 0 Å². The molecule has 2 aliphatic rings. The monoisotopic (exact) mass is 494 g/mol. The predicted molar refractivity (Wildman–Crippen MR) is 128 cm³/mol. The summed E-state index contributed by atoms with van der Waals surface area (Å²) in [6, 6.07) is 4.25. The van der Waals surface area contributed by atoms with Gasteiger partial charge in [0.15, 0.2) is 12.1 Å². The fraction of sp³-hybridized carbons (Fsp3) is 0.640. The number of Topliss-reactive ketones (excluding diaryl/α,β-unsaturated/α-hetero) is 1. The van der Waals surface area contributed by atoms with Crippen LogP contribution in [0, 0.1) is 5.92 Å². The molecule has 0 spiro atoms. The minimum atomic E-state index is -0.781. The summed E-state index contributed by atoms with van der Waals surface area (Å²) in [5.74, 6) is -0.338. The molecule has 3 unspecified atom stereocenters. The number of alkyl carbamates (subject to hydrolysis) is 1. The maximum absolute atomic E-state index is 13.0. The van der Waals surface area contributed by atoms with Crippen LogP contribution in [0.3, 0.4) is 0 Å². The Hall–Kier alpha value is -2.16. The maximum atomic E-state index is 13.0. The summed E-state index contributed by atoms with van der Waals surface area (Å²) in [6.45, 7) is 8.09. The first-order chi connectivity index (χ1) is 16.0. The van der Waals surface area contributed by atoms with Crippen molar-refractivity contribution in [2.45, 2.75) is 83.8 Å². The maximum Gasteiger partial charge on any atom is 0.408 e. The van der Waals surface area contributed by atoms with E-state index in [-0.39, 0.29) is 46.9 Å². The number of ether oxygens (including phenoxy) is 3. The Bertz CT molecular complexity index is 894. The van der Waals surface area contributed by atoms with E-state index in [1.807, 2.05) is 0 Å². The van der Waals surface area contributed by atoms with E-state index in [4.69, 9.17) is 25.8 Å². The van der Waals surface area contributed by atoms with Crippen LogP contribution in [0.4, 0.5) is 4.79 Å². The summed E-state index contributed by atoms with van der Waals surface area (Å²) in [7, 11) is 0. The summed E-state index contributed by atoms with van der Waals surface area (Å²) < 4.78 is 16.6. The molecular formula is C25H35ClN2O6. The van der Waals surface area contributed by atoms with Gasteiger partial charge >= 0.3 is 6.09 Å². The quantitative estimate of drug-likeness (QED) is 0.537. The third kappa shape index (κ3) is 7.96. The molecule has 1 saturated heterocycles. The number of carbonyl (C=O) groups is 3. The van der Waals surface area contributed by atoms with Crippen molar-refractivity contribution < 1.29 is 28.6 Å². The molecule has 2 N–H and O–H groups in total. The van der Waals surface area contributed by atoms with E-state index in [1.54, 1.807) is 45.9 Å². The van der Waals surface area contributed by atoms with Crippen LogP contribution < -0.4 is 10.6 Å². The molecule has 1 aromatic rings. The topological polar surface area (TPSA) is 103 Å². The highest BCUT2D eigenvalue weighted by Gasteiger charge is 2.39. The van der Waals surface area contributed by atoms with E-state index < -0.39 is 17.7 Å². The fourth-order valence-electron chi connectivity index (χ4n) is 3.80. The van der Waals surface area contributed by atoms with Crippen molar-refractivity contribution in [1.82, 2.24) is 10.6 Å². The molecule has 3 rings (SSSR count). The van der Waals surface area contributed by atoms with Crippen molar-refractivity contribution in [2.75, 3.05) is 13.2 Å². The second-order valence-corrected chi connectivity index (χ2v) is 10.4. The molecular weight excluding hydrogens is 460 g/mol. The molecule has 0 radical (unpaired) electrons. The first kappa shape index (κ1) is 26.4. The predicted octanol–water partition coefficient (Wildman–Crippen LogP) is 4.03. The zero-order valence-corrected chi connectivity index (χ0v) is 21.1. The van der Waals surface area contributed by atoms with Gasteiger partial charge in [0.2, 0.25) is 0 Å². The Morgan fingerprint density at radius 3 is 2.68 bits per heavy atom. The molecule has 9 heteroatoms. The second-order valence-electron chi connectivity index (χ2n) is 9.99. The van der Waals surface area contributed by atoms with Crippen LogP contribution in [0.2, 0.25) is 5.02 Å². The Kier molecular flexibility index (Phi) is 8.95. The lowest BCUT2D eigenvalue weighted by molar-refractivity contribution is -0.164. The molecule has 1 aromatic carbocycles. The highest BCUT2D eigenvalue weighted by Crippen LogP contribution is 2.32. The van der Waals surface area contributed by atoms with Crippen molar-refractivity contribution in [3.05, 3.63) is 34.3 Å². The van der Waals surface area contributed by atoms with Gasteiger partial charge in [0, 0.05) is 25.0 Å². The van der Waals surface area contributed by atoms with Crippen molar-refractivity contribution in [1.29, 1.82) is 0 Å². The Labute approximate surface area is 206 Å². The molecule has 0 aromatic heterocycles. The highest BCUT2D eigenvalue weighted by molar-refractivity contribution is 6.34. The van der Waals surface area contributed by atoms with Gasteiger partial charge in [0.05, 0.1) is 23.2 Å². The summed E-state index contributed by atoms with van der Waals surface area (Å²) in [5, 5.41) is 5.82. The van der Waals surface area contributed by atoms with Gasteiger partial charge in [-0.1, -0.05) is 23.7 Å². The van der Waals surface area contributed by atoms with Crippen LogP contribution in [-0.4, -0.2) is 55.0 Å². The van der Waals surface area contributed by atoms with Crippen LogP contribution in [0.15, 0.2) is 18.2 Å². The lowest BCUT2D eigenvalue weighted by Crippen LogP contribution is -2.42. The Morgan fingerprint density at radius 1 is 1.24 bits per heavy atom. The van der Waals surface area contributed by atoms with Crippen LogP contribution >= 0.6 is 11.6 Å².